The van der Waals surface area contributed by atoms with Crippen LogP contribution in [0.1, 0.15) is 6.92 Å². The third-order valence-electron chi connectivity index (χ3n) is 1.28. The standard InChI is InChI=1S/C8H15NO2S/c1-7(5-9)6-12-4-2-3-8(10)11/h2-3,7H,4-6,9H2,1H3,(H,10,11)/b3-2+. The first-order valence-electron chi connectivity index (χ1n) is 3.84. The molecule has 0 saturated carbocycles. The van der Waals surface area contributed by atoms with Gasteiger partial charge in [-0.05, 0) is 18.2 Å². The lowest BCUT2D eigenvalue weighted by atomic mass is 10.2. The van der Waals surface area contributed by atoms with Gasteiger partial charge in [-0.2, -0.15) is 11.8 Å². The lowest BCUT2D eigenvalue weighted by Gasteiger charge is -2.04. The van der Waals surface area contributed by atoms with Gasteiger partial charge in [-0.3, -0.25) is 0 Å². The number of thioether (sulfide) groups is 1. The number of carbonyl (C=O) groups is 1. The molecule has 0 fully saturated rings. The highest BCUT2D eigenvalue weighted by atomic mass is 32.2. The minimum Gasteiger partial charge on any atom is -0.478 e. The summed E-state index contributed by atoms with van der Waals surface area (Å²) in [5.41, 5.74) is 5.41. The van der Waals surface area contributed by atoms with E-state index in [-0.39, 0.29) is 0 Å². The number of carboxylic acid groups (broad SMARTS) is 1. The van der Waals surface area contributed by atoms with Gasteiger partial charge < -0.3 is 10.8 Å². The maximum absolute atomic E-state index is 10.0. The Labute approximate surface area is 77.0 Å². The van der Waals surface area contributed by atoms with Crippen LogP contribution in [-0.2, 0) is 4.79 Å². The summed E-state index contributed by atoms with van der Waals surface area (Å²) < 4.78 is 0. The second-order valence-electron chi connectivity index (χ2n) is 2.62. The van der Waals surface area contributed by atoms with Crippen molar-refractivity contribution in [2.45, 2.75) is 6.92 Å². The van der Waals surface area contributed by atoms with Crippen molar-refractivity contribution in [1.29, 1.82) is 0 Å². The van der Waals surface area contributed by atoms with Crippen LogP contribution >= 0.6 is 11.8 Å². The average molecular weight is 189 g/mol. The van der Waals surface area contributed by atoms with Crippen LogP contribution in [0.25, 0.3) is 0 Å². The molecule has 0 aromatic heterocycles. The van der Waals surface area contributed by atoms with Gasteiger partial charge in [-0.15, -0.1) is 0 Å². The predicted octanol–water partition coefficient (Wildman–Crippen LogP) is 0.955. The maximum Gasteiger partial charge on any atom is 0.328 e. The van der Waals surface area contributed by atoms with Crippen molar-refractivity contribution < 1.29 is 9.90 Å². The van der Waals surface area contributed by atoms with Gasteiger partial charge in [0.1, 0.15) is 0 Å². The first kappa shape index (κ1) is 11.5. The fourth-order valence-corrected chi connectivity index (χ4v) is 1.46. The Balaban J connectivity index is 3.26. The first-order valence-corrected chi connectivity index (χ1v) is 4.99. The minimum absolute atomic E-state index is 0.508. The van der Waals surface area contributed by atoms with Crippen LogP contribution in [-0.4, -0.2) is 29.1 Å². The molecule has 0 amide bonds. The fraction of sp³-hybridized carbons (Fsp3) is 0.625. The summed E-state index contributed by atoms with van der Waals surface area (Å²) >= 11 is 1.70. The third-order valence-corrected chi connectivity index (χ3v) is 2.51. The van der Waals surface area contributed by atoms with E-state index in [1.807, 2.05) is 0 Å². The Morgan fingerprint density at radius 2 is 2.42 bits per heavy atom. The van der Waals surface area contributed by atoms with Crippen LogP contribution in [0.4, 0.5) is 0 Å². The number of nitrogens with two attached hydrogens (primary N) is 1. The Bertz CT molecular complexity index is 159. The number of aliphatic carboxylic acids is 1. The van der Waals surface area contributed by atoms with Crippen molar-refractivity contribution in [3.05, 3.63) is 12.2 Å². The van der Waals surface area contributed by atoms with E-state index in [0.717, 1.165) is 11.5 Å². The monoisotopic (exact) mass is 189 g/mol. The maximum atomic E-state index is 10.0. The molecule has 0 aliphatic heterocycles. The van der Waals surface area contributed by atoms with E-state index in [9.17, 15) is 4.79 Å². The summed E-state index contributed by atoms with van der Waals surface area (Å²) in [7, 11) is 0. The molecule has 4 heteroatoms. The molecule has 1 unspecified atom stereocenters. The molecule has 0 rings (SSSR count). The number of rotatable bonds is 6. The molecule has 0 heterocycles. The Morgan fingerprint density at radius 3 is 2.92 bits per heavy atom. The molecule has 0 aromatic rings. The summed E-state index contributed by atoms with van der Waals surface area (Å²) in [4.78, 5) is 10.0. The molecule has 3 N–H and O–H groups in total. The van der Waals surface area contributed by atoms with E-state index in [2.05, 4.69) is 6.92 Å². The molecule has 3 nitrogen and oxygen atoms in total. The molecule has 0 radical (unpaired) electrons. The summed E-state index contributed by atoms with van der Waals surface area (Å²) in [5.74, 6) is 1.35. The van der Waals surface area contributed by atoms with Crippen molar-refractivity contribution in [3.63, 3.8) is 0 Å². The smallest absolute Gasteiger partial charge is 0.328 e. The second-order valence-corrected chi connectivity index (χ2v) is 3.69. The van der Waals surface area contributed by atoms with Gasteiger partial charge in [0.05, 0.1) is 0 Å². The largest absolute Gasteiger partial charge is 0.478 e. The second kappa shape index (κ2) is 7.18. The van der Waals surface area contributed by atoms with E-state index in [1.54, 1.807) is 17.8 Å². The van der Waals surface area contributed by atoms with Gasteiger partial charge in [-0.25, -0.2) is 4.79 Å². The number of carboxylic acids is 1. The average Bonchev–Trinajstić information content (AvgIpc) is 2.03. The van der Waals surface area contributed by atoms with Crippen molar-refractivity contribution in [1.82, 2.24) is 0 Å². The van der Waals surface area contributed by atoms with Crippen molar-refractivity contribution >= 4 is 17.7 Å². The van der Waals surface area contributed by atoms with E-state index >= 15 is 0 Å². The van der Waals surface area contributed by atoms with Gasteiger partial charge in [0.25, 0.3) is 0 Å². The van der Waals surface area contributed by atoms with Crippen LogP contribution in [0.2, 0.25) is 0 Å². The lowest BCUT2D eigenvalue weighted by Crippen LogP contribution is -2.12. The molecular weight excluding hydrogens is 174 g/mol. The highest BCUT2D eigenvalue weighted by Gasteiger charge is 1.96. The van der Waals surface area contributed by atoms with E-state index in [4.69, 9.17) is 10.8 Å². The van der Waals surface area contributed by atoms with Crippen LogP contribution in [0.3, 0.4) is 0 Å². The molecule has 0 aliphatic carbocycles. The topological polar surface area (TPSA) is 63.3 Å². The van der Waals surface area contributed by atoms with Gasteiger partial charge in [0.2, 0.25) is 0 Å². The van der Waals surface area contributed by atoms with Gasteiger partial charge >= 0.3 is 5.97 Å². The SMILES string of the molecule is CC(CN)CSC/C=C/C(=O)O. The summed E-state index contributed by atoms with van der Waals surface area (Å²) in [6.45, 7) is 2.77. The first-order chi connectivity index (χ1) is 5.66. The normalized spacial score (nSPS) is 13.5. The minimum atomic E-state index is -0.887. The summed E-state index contributed by atoms with van der Waals surface area (Å²) in [6, 6.07) is 0. The van der Waals surface area contributed by atoms with Crippen LogP contribution in [0.5, 0.6) is 0 Å². The van der Waals surface area contributed by atoms with Crippen molar-refractivity contribution in [3.8, 4) is 0 Å². The molecule has 0 saturated heterocycles. The molecule has 0 spiro atoms. The van der Waals surface area contributed by atoms with Crippen LogP contribution in [0, 0.1) is 5.92 Å². The van der Waals surface area contributed by atoms with E-state index < -0.39 is 5.97 Å². The van der Waals surface area contributed by atoms with Gasteiger partial charge in [0, 0.05) is 11.8 Å². The molecule has 0 aliphatic rings. The molecule has 0 aromatic carbocycles. The fourth-order valence-electron chi connectivity index (χ4n) is 0.554. The Hall–Kier alpha value is -0.480. The zero-order valence-electron chi connectivity index (χ0n) is 7.19. The quantitative estimate of drug-likeness (QED) is 0.482. The lowest BCUT2D eigenvalue weighted by molar-refractivity contribution is -0.131. The molecule has 1 atom stereocenters. The van der Waals surface area contributed by atoms with Crippen molar-refractivity contribution in [2.75, 3.05) is 18.1 Å². The highest BCUT2D eigenvalue weighted by molar-refractivity contribution is 7.99. The highest BCUT2D eigenvalue weighted by Crippen LogP contribution is 2.06. The Morgan fingerprint density at radius 1 is 1.75 bits per heavy atom. The zero-order valence-corrected chi connectivity index (χ0v) is 8.01. The van der Waals surface area contributed by atoms with Gasteiger partial charge in [-0.1, -0.05) is 13.0 Å². The summed E-state index contributed by atoms with van der Waals surface area (Å²) in [5, 5.41) is 8.25. The van der Waals surface area contributed by atoms with Crippen LogP contribution in [0.15, 0.2) is 12.2 Å². The van der Waals surface area contributed by atoms with E-state index in [1.165, 1.54) is 6.08 Å². The van der Waals surface area contributed by atoms with Crippen LogP contribution < -0.4 is 5.73 Å². The molecular formula is C8H15NO2S. The molecule has 70 valence electrons. The zero-order chi connectivity index (χ0) is 9.40. The van der Waals surface area contributed by atoms with E-state index in [0.29, 0.717) is 12.5 Å². The number of hydrogen-bond acceptors (Lipinski definition) is 3. The predicted molar refractivity (Wildman–Crippen MR) is 52.3 cm³/mol. The van der Waals surface area contributed by atoms with Gasteiger partial charge in [0.15, 0.2) is 0 Å². The van der Waals surface area contributed by atoms with Crippen molar-refractivity contribution in [2.24, 2.45) is 11.7 Å². The molecule has 12 heavy (non-hydrogen) atoms. The molecule has 0 bridgehead atoms. The third kappa shape index (κ3) is 7.63. The number of hydrogen-bond donors (Lipinski definition) is 2. The Kier molecular flexibility index (Phi) is 6.90. The summed E-state index contributed by atoms with van der Waals surface area (Å²) in [6.07, 6.45) is 2.82.